The number of carbonyl (C=O) groups is 2. The first-order chi connectivity index (χ1) is 20.3. The molecule has 1 atom stereocenters. The number of non-ortho nitro benzene ring substituents is 2. The molecule has 15 heteroatoms. The molecule has 1 N–H and O–H groups in total. The molecule has 43 heavy (non-hydrogen) atoms. The van der Waals surface area contributed by atoms with Gasteiger partial charge in [-0.15, -0.1) is 0 Å². The molecule has 1 fully saturated rings. The van der Waals surface area contributed by atoms with Gasteiger partial charge in [0.2, 0.25) is 0 Å². The van der Waals surface area contributed by atoms with Gasteiger partial charge in [-0.3, -0.25) is 45.4 Å². The summed E-state index contributed by atoms with van der Waals surface area (Å²) in [6, 6.07) is 8.73. The van der Waals surface area contributed by atoms with Crippen molar-refractivity contribution in [1.29, 1.82) is 0 Å². The van der Waals surface area contributed by atoms with E-state index in [4.69, 9.17) is 9.47 Å². The van der Waals surface area contributed by atoms with Crippen molar-refractivity contribution in [3.05, 3.63) is 89.5 Å². The molecule has 1 saturated carbocycles. The summed E-state index contributed by atoms with van der Waals surface area (Å²) in [5, 5.41) is 38.3. The Balaban J connectivity index is 1.68. The highest BCUT2D eigenvalue weighted by Gasteiger charge is 2.63. The molecule has 15 nitrogen and oxygen atoms in total. The average Bonchev–Trinajstić information content (AvgIpc) is 3.37. The van der Waals surface area contributed by atoms with Crippen molar-refractivity contribution in [1.82, 2.24) is 0 Å². The topological polar surface area (TPSA) is 206 Å². The Labute approximate surface area is 245 Å². The zero-order valence-corrected chi connectivity index (χ0v) is 23.8. The van der Waals surface area contributed by atoms with Crippen LogP contribution in [0.3, 0.4) is 0 Å². The number of nitrogens with one attached hydrogen (secondary N) is 1. The second kappa shape index (κ2) is 11.6. The molecule has 2 aliphatic carbocycles. The van der Waals surface area contributed by atoms with E-state index in [-0.39, 0.29) is 42.0 Å². The summed E-state index contributed by atoms with van der Waals surface area (Å²) in [6.07, 6.45) is 1.14. The highest BCUT2D eigenvalue weighted by atomic mass is 16.6. The van der Waals surface area contributed by atoms with Gasteiger partial charge in [-0.1, -0.05) is 25.0 Å². The minimum absolute atomic E-state index is 0.0543. The zero-order chi connectivity index (χ0) is 31.7. The molecular weight excluding hydrogens is 566 g/mol. The smallest absolute Gasteiger partial charge is 0.323 e. The van der Waals surface area contributed by atoms with Crippen molar-refractivity contribution in [2.45, 2.75) is 39.5 Å². The third-order valence-corrected chi connectivity index (χ3v) is 8.38. The summed E-state index contributed by atoms with van der Waals surface area (Å²) in [5.74, 6) is -1.36. The molecule has 0 radical (unpaired) electrons. The normalized spacial score (nSPS) is 18.2. The van der Waals surface area contributed by atoms with E-state index in [0.29, 0.717) is 17.7 Å². The molecule has 2 aromatic carbocycles. The molecule has 0 aliphatic heterocycles. The van der Waals surface area contributed by atoms with Crippen LogP contribution in [-0.2, 0) is 19.1 Å². The number of ether oxygens (including phenoxy) is 2. The quantitative estimate of drug-likeness (QED) is 0.0904. The van der Waals surface area contributed by atoms with Crippen LogP contribution in [0, 0.1) is 47.1 Å². The third kappa shape index (κ3) is 5.52. The molecule has 0 amide bonds. The lowest BCUT2D eigenvalue weighted by atomic mass is 9.58. The molecule has 226 valence electrons. The van der Waals surface area contributed by atoms with Crippen molar-refractivity contribution in [3.8, 4) is 0 Å². The second-order valence-corrected chi connectivity index (χ2v) is 10.9. The number of nitro benzene ring substituents is 3. The standard InChI is InChI=1S/C28H29N5O10/c1-27(2)20(19-14-28(15-21(19)27,25(34)42-3)26(35)43-4)10-12-22(16-5-7-17(8-6-16)31(36)37)29-30-23-11-9-18(32(38)39)13-24(23)33(40)41/h5-9,11,13,21,30H,10,12,14-15H2,1-4H3/b29-22+. The fraction of sp³-hybridized carbons (Fsp3) is 0.393. The fourth-order valence-electron chi connectivity index (χ4n) is 6.10. The second-order valence-electron chi connectivity index (χ2n) is 10.9. The third-order valence-electron chi connectivity index (χ3n) is 8.38. The molecule has 4 rings (SSSR count). The number of hydrazone groups is 1. The fourth-order valence-corrected chi connectivity index (χ4v) is 6.10. The number of carbonyl (C=O) groups excluding carboxylic acids is 2. The number of methoxy groups -OCH3 is 2. The lowest BCUT2D eigenvalue weighted by molar-refractivity contribution is -0.393. The lowest BCUT2D eigenvalue weighted by Crippen LogP contribution is -2.40. The first-order valence-corrected chi connectivity index (χ1v) is 13.2. The van der Waals surface area contributed by atoms with Crippen LogP contribution in [0.5, 0.6) is 0 Å². The Kier molecular flexibility index (Phi) is 8.28. The van der Waals surface area contributed by atoms with Crippen LogP contribution in [0.4, 0.5) is 22.7 Å². The van der Waals surface area contributed by atoms with E-state index >= 15 is 0 Å². The van der Waals surface area contributed by atoms with Crippen molar-refractivity contribution in [2.24, 2.45) is 21.8 Å². The number of benzene rings is 2. The Morgan fingerprint density at radius 3 is 2.05 bits per heavy atom. The molecule has 0 aromatic heterocycles. The van der Waals surface area contributed by atoms with Gasteiger partial charge in [-0.25, -0.2) is 0 Å². The Morgan fingerprint density at radius 1 is 0.930 bits per heavy atom. The molecule has 0 saturated heterocycles. The van der Waals surface area contributed by atoms with Crippen LogP contribution in [0.1, 0.15) is 45.1 Å². The molecule has 0 bridgehead atoms. The van der Waals surface area contributed by atoms with Crippen LogP contribution < -0.4 is 5.43 Å². The average molecular weight is 596 g/mol. The van der Waals surface area contributed by atoms with Gasteiger partial charge in [0, 0.05) is 18.2 Å². The van der Waals surface area contributed by atoms with Gasteiger partial charge in [0.15, 0.2) is 5.41 Å². The number of hydrogen-bond acceptors (Lipinski definition) is 12. The maximum atomic E-state index is 12.7. The van der Waals surface area contributed by atoms with Crippen LogP contribution in [0.25, 0.3) is 0 Å². The largest absolute Gasteiger partial charge is 0.468 e. The van der Waals surface area contributed by atoms with Crippen LogP contribution in [0.2, 0.25) is 0 Å². The number of fused-ring (bicyclic) bond motifs is 1. The first-order valence-electron chi connectivity index (χ1n) is 13.2. The number of rotatable bonds is 11. The number of hydrogen-bond donors (Lipinski definition) is 1. The highest BCUT2D eigenvalue weighted by Crippen LogP contribution is 2.65. The monoisotopic (exact) mass is 595 g/mol. The van der Waals surface area contributed by atoms with Gasteiger partial charge in [-0.2, -0.15) is 5.10 Å². The van der Waals surface area contributed by atoms with E-state index in [9.17, 15) is 39.9 Å². The minimum atomic E-state index is -1.44. The van der Waals surface area contributed by atoms with E-state index in [1.807, 2.05) is 13.8 Å². The predicted molar refractivity (Wildman–Crippen MR) is 152 cm³/mol. The van der Waals surface area contributed by atoms with Crippen molar-refractivity contribution < 1.29 is 33.8 Å². The summed E-state index contributed by atoms with van der Waals surface area (Å²) >= 11 is 0. The van der Waals surface area contributed by atoms with E-state index in [2.05, 4.69) is 10.5 Å². The SMILES string of the molecule is COC(=O)C1(C(=O)OC)CC2=C(CC/C(=N\Nc3ccc([N+](=O)[O-])cc3[N+](=O)[O-])c3ccc([N+](=O)[O-])cc3)C(C)(C)C2C1. The summed E-state index contributed by atoms with van der Waals surface area (Å²) in [7, 11) is 2.45. The molecule has 2 aliphatic rings. The molecule has 0 heterocycles. The van der Waals surface area contributed by atoms with Crippen molar-refractivity contribution in [3.63, 3.8) is 0 Å². The van der Waals surface area contributed by atoms with E-state index in [1.165, 1.54) is 44.6 Å². The predicted octanol–water partition coefficient (Wildman–Crippen LogP) is 5.09. The first kappa shape index (κ1) is 30.7. The van der Waals surface area contributed by atoms with E-state index < -0.39 is 43.5 Å². The molecule has 0 spiro atoms. The van der Waals surface area contributed by atoms with Gasteiger partial charge < -0.3 is 9.47 Å². The molecular formula is C28H29N5O10. The summed E-state index contributed by atoms with van der Waals surface area (Å²) < 4.78 is 9.94. The molecule has 2 aromatic rings. The summed E-state index contributed by atoms with van der Waals surface area (Å²) in [5.41, 5.74) is 2.48. The van der Waals surface area contributed by atoms with Gasteiger partial charge in [0.1, 0.15) is 5.69 Å². The number of nitro groups is 3. The molecule has 1 unspecified atom stereocenters. The van der Waals surface area contributed by atoms with Gasteiger partial charge in [0.25, 0.3) is 11.4 Å². The van der Waals surface area contributed by atoms with Gasteiger partial charge >= 0.3 is 17.6 Å². The maximum absolute atomic E-state index is 12.7. The zero-order valence-electron chi connectivity index (χ0n) is 23.8. The van der Waals surface area contributed by atoms with Crippen molar-refractivity contribution >= 4 is 40.4 Å². The lowest BCUT2D eigenvalue weighted by Gasteiger charge is -2.46. The maximum Gasteiger partial charge on any atom is 0.323 e. The number of anilines is 1. The van der Waals surface area contributed by atoms with Crippen molar-refractivity contribution in [2.75, 3.05) is 19.6 Å². The Bertz CT molecular complexity index is 1560. The van der Waals surface area contributed by atoms with Crippen LogP contribution in [0.15, 0.2) is 58.7 Å². The minimum Gasteiger partial charge on any atom is -0.468 e. The Hall–Kier alpha value is -5.21. The van der Waals surface area contributed by atoms with E-state index in [0.717, 1.165) is 23.3 Å². The number of allylic oxidation sites excluding steroid dienone is 2. The van der Waals surface area contributed by atoms with Crippen LogP contribution in [-0.4, -0.2) is 46.6 Å². The van der Waals surface area contributed by atoms with E-state index in [1.54, 1.807) is 0 Å². The number of nitrogens with zero attached hydrogens (tertiary/aromatic N) is 4. The summed E-state index contributed by atoms with van der Waals surface area (Å²) in [6.45, 7) is 4.03. The Morgan fingerprint density at radius 2 is 1.51 bits per heavy atom. The van der Waals surface area contributed by atoms with Crippen LogP contribution >= 0.6 is 0 Å². The highest BCUT2D eigenvalue weighted by molar-refractivity contribution is 6.02. The van der Waals surface area contributed by atoms with Gasteiger partial charge in [-0.05, 0) is 60.8 Å². The summed E-state index contributed by atoms with van der Waals surface area (Å²) in [4.78, 5) is 57.3. The number of esters is 2. The van der Waals surface area contributed by atoms with Gasteiger partial charge in [0.05, 0.1) is 40.8 Å².